The van der Waals surface area contributed by atoms with Crippen molar-refractivity contribution < 1.29 is 8.85 Å². The molecule has 0 aromatic rings. The van der Waals surface area contributed by atoms with Crippen LogP contribution in [-0.4, -0.2) is 21.8 Å². The standard InChI is InChI=1S/C16H34O2Si/c1-5-15(4)14-19(17-6-2,18-7-3)16-12-10-8-9-11-13-16/h15-16H,5-14H2,1-4H3. The highest BCUT2D eigenvalue weighted by molar-refractivity contribution is 6.69. The van der Waals surface area contributed by atoms with Gasteiger partial charge < -0.3 is 8.85 Å². The Balaban J connectivity index is 2.84. The largest absolute Gasteiger partial charge is 0.394 e. The molecule has 0 radical (unpaired) electrons. The summed E-state index contributed by atoms with van der Waals surface area (Å²) >= 11 is 0. The first kappa shape index (κ1) is 17.2. The van der Waals surface area contributed by atoms with Gasteiger partial charge in [0.1, 0.15) is 0 Å². The molecule has 3 heteroatoms. The Hall–Kier alpha value is 0.137. The van der Waals surface area contributed by atoms with E-state index in [2.05, 4.69) is 27.7 Å². The molecule has 0 bridgehead atoms. The molecule has 0 aromatic carbocycles. The van der Waals surface area contributed by atoms with Crippen molar-refractivity contribution in [1.29, 1.82) is 0 Å². The van der Waals surface area contributed by atoms with Crippen molar-refractivity contribution in [2.24, 2.45) is 5.92 Å². The summed E-state index contributed by atoms with van der Waals surface area (Å²) in [7, 11) is -2.01. The number of hydrogen-bond donors (Lipinski definition) is 0. The van der Waals surface area contributed by atoms with Crippen molar-refractivity contribution in [2.45, 2.75) is 84.2 Å². The summed E-state index contributed by atoms with van der Waals surface area (Å²) in [5, 5.41) is 0. The molecule has 0 spiro atoms. The predicted octanol–water partition coefficient (Wildman–Crippen LogP) is 5.27. The summed E-state index contributed by atoms with van der Waals surface area (Å²) in [4.78, 5) is 0. The van der Waals surface area contributed by atoms with Crippen LogP contribution in [0.15, 0.2) is 0 Å². The van der Waals surface area contributed by atoms with E-state index >= 15 is 0 Å². The molecule has 1 unspecified atom stereocenters. The maximum Gasteiger partial charge on any atom is 0.341 e. The molecule has 0 saturated heterocycles. The van der Waals surface area contributed by atoms with E-state index in [0.717, 1.165) is 24.7 Å². The van der Waals surface area contributed by atoms with Crippen LogP contribution >= 0.6 is 0 Å². The third kappa shape index (κ3) is 5.20. The van der Waals surface area contributed by atoms with Gasteiger partial charge in [0, 0.05) is 18.8 Å². The molecule has 1 atom stereocenters. The Morgan fingerprint density at radius 1 is 0.947 bits per heavy atom. The number of rotatable bonds is 8. The highest BCUT2D eigenvalue weighted by Gasteiger charge is 2.45. The van der Waals surface area contributed by atoms with Gasteiger partial charge in [-0.15, -0.1) is 0 Å². The SMILES string of the molecule is CCO[Si](CC(C)CC)(OCC)C1CCCCCC1. The summed E-state index contributed by atoms with van der Waals surface area (Å²) in [6.07, 6.45) is 9.47. The lowest BCUT2D eigenvalue weighted by atomic mass is 10.2. The first-order valence-corrected chi connectivity index (χ1v) is 10.6. The minimum atomic E-state index is -2.01. The zero-order chi connectivity index (χ0) is 14.1. The molecule has 1 rings (SSSR count). The normalized spacial score (nSPS) is 20.2. The second-order valence-electron chi connectivity index (χ2n) is 6.08. The van der Waals surface area contributed by atoms with Crippen LogP contribution in [-0.2, 0) is 8.85 Å². The lowest BCUT2D eigenvalue weighted by Crippen LogP contribution is -2.48. The van der Waals surface area contributed by atoms with Gasteiger partial charge in [0.05, 0.1) is 0 Å². The van der Waals surface area contributed by atoms with E-state index in [0.29, 0.717) is 0 Å². The number of hydrogen-bond acceptors (Lipinski definition) is 2. The van der Waals surface area contributed by atoms with Crippen LogP contribution in [0.4, 0.5) is 0 Å². The van der Waals surface area contributed by atoms with Crippen LogP contribution in [0, 0.1) is 5.92 Å². The van der Waals surface area contributed by atoms with Crippen LogP contribution in [0.25, 0.3) is 0 Å². The van der Waals surface area contributed by atoms with E-state index in [1.807, 2.05) is 0 Å². The molecule has 0 aromatic heterocycles. The van der Waals surface area contributed by atoms with Gasteiger partial charge in [-0.25, -0.2) is 0 Å². The molecule has 0 N–H and O–H groups in total. The second kappa shape index (κ2) is 9.14. The molecule has 0 aliphatic heterocycles. The molecule has 1 aliphatic carbocycles. The first-order chi connectivity index (χ1) is 9.18. The minimum absolute atomic E-state index is 0.726. The molecule has 1 saturated carbocycles. The smallest absolute Gasteiger partial charge is 0.341 e. The van der Waals surface area contributed by atoms with Crippen LogP contribution in [0.1, 0.15) is 72.6 Å². The van der Waals surface area contributed by atoms with Crippen LogP contribution in [0.2, 0.25) is 11.6 Å². The molecule has 1 aliphatic rings. The van der Waals surface area contributed by atoms with Crippen molar-refractivity contribution in [1.82, 2.24) is 0 Å². The van der Waals surface area contributed by atoms with Gasteiger partial charge in [-0.1, -0.05) is 46.0 Å². The van der Waals surface area contributed by atoms with Crippen molar-refractivity contribution in [2.75, 3.05) is 13.2 Å². The van der Waals surface area contributed by atoms with Crippen molar-refractivity contribution in [3.63, 3.8) is 0 Å². The summed E-state index contributed by atoms with van der Waals surface area (Å²) in [6.45, 7) is 10.5. The van der Waals surface area contributed by atoms with Crippen LogP contribution in [0.5, 0.6) is 0 Å². The topological polar surface area (TPSA) is 18.5 Å². The Morgan fingerprint density at radius 3 is 1.89 bits per heavy atom. The maximum absolute atomic E-state index is 6.35. The molecule has 114 valence electrons. The van der Waals surface area contributed by atoms with Crippen LogP contribution < -0.4 is 0 Å². The average Bonchev–Trinajstić information content (AvgIpc) is 2.68. The molecular formula is C16H34O2Si. The third-order valence-electron chi connectivity index (χ3n) is 4.58. The van der Waals surface area contributed by atoms with Crippen LogP contribution in [0.3, 0.4) is 0 Å². The van der Waals surface area contributed by atoms with Gasteiger partial charge in [0.25, 0.3) is 0 Å². The fourth-order valence-corrected chi connectivity index (χ4v) is 8.05. The summed E-state index contributed by atoms with van der Waals surface area (Å²) < 4.78 is 12.7. The molecule has 0 amide bonds. The fraction of sp³-hybridized carbons (Fsp3) is 1.00. The minimum Gasteiger partial charge on any atom is -0.394 e. The van der Waals surface area contributed by atoms with Gasteiger partial charge in [-0.3, -0.25) is 0 Å². The van der Waals surface area contributed by atoms with E-state index in [9.17, 15) is 0 Å². The molecule has 1 fully saturated rings. The third-order valence-corrected chi connectivity index (χ3v) is 9.23. The predicted molar refractivity (Wildman–Crippen MR) is 84.7 cm³/mol. The first-order valence-electron chi connectivity index (χ1n) is 8.46. The lowest BCUT2D eigenvalue weighted by Gasteiger charge is -2.38. The van der Waals surface area contributed by atoms with Crippen molar-refractivity contribution >= 4 is 8.56 Å². The summed E-state index contributed by atoms with van der Waals surface area (Å²) in [6, 6.07) is 1.19. The lowest BCUT2D eigenvalue weighted by molar-refractivity contribution is 0.163. The van der Waals surface area contributed by atoms with Crippen molar-refractivity contribution in [3.8, 4) is 0 Å². The van der Waals surface area contributed by atoms with E-state index in [4.69, 9.17) is 8.85 Å². The maximum atomic E-state index is 6.35. The quantitative estimate of drug-likeness (QED) is 0.447. The highest BCUT2D eigenvalue weighted by Crippen LogP contribution is 2.41. The molecule has 19 heavy (non-hydrogen) atoms. The molecular weight excluding hydrogens is 252 g/mol. The van der Waals surface area contributed by atoms with E-state index in [1.165, 1.54) is 51.0 Å². The Labute approximate surface area is 121 Å². The Bertz CT molecular complexity index is 219. The fourth-order valence-electron chi connectivity index (χ4n) is 3.40. The van der Waals surface area contributed by atoms with E-state index in [1.54, 1.807) is 0 Å². The van der Waals surface area contributed by atoms with Gasteiger partial charge in [0.15, 0.2) is 0 Å². The summed E-state index contributed by atoms with van der Waals surface area (Å²) in [5.74, 6) is 0.730. The Morgan fingerprint density at radius 2 is 1.47 bits per heavy atom. The average molecular weight is 287 g/mol. The Kier molecular flexibility index (Phi) is 8.27. The second-order valence-corrected chi connectivity index (χ2v) is 9.51. The van der Waals surface area contributed by atoms with E-state index in [-0.39, 0.29) is 0 Å². The monoisotopic (exact) mass is 286 g/mol. The summed E-state index contributed by atoms with van der Waals surface area (Å²) in [5.41, 5.74) is 0.726. The van der Waals surface area contributed by atoms with Crippen molar-refractivity contribution in [3.05, 3.63) is 0 Å². The van der Waals surface area contributed by atoms with Gasteiger partial charge in [0.2, 0.25) is 0 Å². The van der Waals surface area contributed by atoms with E-state index < -0.39 is 8.56 Å². The zero-order valence-corrected chi connectivity index (χ0v) is 14.5. The molecule has 2 nitrogen and oxygen atoms in total. The van der Waals surface area contributed by atoms with Gasteiger partial charge in [-0.05, 0) is 38.7 Å². The van der Waals surface area contributed by atoms with Gasteiger partial charge in [-0.2, -0.15) is 0 Å². The highest BCUT2D eigenvalue weighted by atomic mass is 28.4. The van der Waals surface area contributed by atoms with Gasteiger partial charge >= 0.3 is 8.56 Å². The molecule has 0 heterocycles. The zero-order valence-electron chi connectivity index (χ0n) is 13.5.